The Bertz CT molecular complexity index is 921. The molecule has 0 fully saturated rings. The van der Waals surface area contributed by atoms with Crippen molar-refractivity contribution >= 4 is 17.8 Å². The first-order valence-corrected chi connectivity index (χ1v) is 7.20. The van der Waals surface area contributed by atoms with Gasteiger partial charge in [0.2, 0.25) is 5.88 Å². The maximum atomic E-state index is 12.3. The summed E-state index contributed by atoms with van der Waals surface area (Å²) in [6, 6.07) is 11.4. The van der Waals surface area contributed by atoms with Gasteiger partial charge in [0.25, 0.3) is 5.91 Å². The van der Waals surface area contributed by atoms with E-state index in [9.17, 15) is 14.7 Å². The van der Waals surface area contributed by atoms with Crippen LogP contribution in [0.1, 0.15) is 20.7 Å². The van der Waals surface area contributed by atoms with Crippen LogP contribution in [-0.2, 0) is 0 Å². The van der Waals surface area contributed by atoms with E-state index in [0.29, 0.717) is 11.4 Å². The van der Waals surface area contributed by atoms with Gasteiger partial charge in [0.15, 0.2) is 5.56 Å². The molecule has 0 spiro atoms. The van der Waals surface area contributed by atoms with Crippen molar-refractivity contribution in [3.05, 3.63) is 59.8 Å². The number of hydrogen-bond acceptors (Lipinski definition) is 6. The normalized spacial score (nSPS) is 10.3. The van der Waals surface area contributed by atoms with Gasteiger partial charge < -0.3 is 14.4 Å². The predicted molar refractivity (Wildman–Crippen MR) is 87.6 cm³/mol. The van der Waals surface area contributed by atoms with Crippen molar-refractivity contribution in [3.63, 3.8) is 0 Å². The van der Waals surface area contributed by atoms with Crippen LogP contribution in [-0.4, -0.2) is 34.2 Å². The monoisotopic (exact) mass is 339 g/mol. The highest BCUT2D eigenvalue weighted by Gasteiger charge is 2.26. The van der Waals surface area contributed by atoms with Gasteiger partial charge in [0, 0.05) is 11.8 Å². The molecule has 0 saturated heterocycles. The van der Waals surface area contributed by atoms with Crippen molar-refractivity contribution < 1.29 is 24.0 Å². The number of carboxylic acid groups (broad SMARTS) is 1. The van der Waals surface area contributed by atoms with Gasteiger partial charge >= 0.3 is 5.97 Å². The minimum atomic E-state index is -1.29. The maximum absolute atomic E-state index is 12.3. The van der Waals surface area contributed by atoms with Crippen molar-refractivity contribution in [2.45, 2.75) is 0 Å². The van der Waals surface area contributed by atoms with Crippen molar-refractivity contribution in [2.75, 3.05) is 12.4 Å². The Morgan fingerprint density at radius 1 is 1.20 bits per heavy atom. The molecule has 0 bridgehead atoms. The fourth-order valence-corrected chi connectivity index (χ4v) is 2.19. The minimum Gasteiger partial charge on any atom is -0.497 e. The molecule has 2 N–H and O–H groups in total. The van der Waals surface area contributed by atoms with E-state index in [0.717, 1.165) is 0 Å². The predicted octanol–water partition coefficient (Wildman–Crippen LogP) is 2.70. The zero-order valence-corrected chi connectivity index (χ0v) is 13.1. The Kier molecular flexibility index (Phi) is 4.42. The number of pyridine rings is 1. The number of hydrogen-bond donors (Lipinski definition) is 2. The molecule has 0 saturated carbocycles. The molecule has 8 nitrogen and oxygen atoms in total. The zero-order chi connectivity index (χ0) is 17.8. The fraction of sp³-hybridized carbons (Fsp3) is 0.0588. The number of nitrogens with one attached hydrogen (secondary N) is 1. The lowest BCUT2D eigenvalue weighted by atomic mass is 10.1. The third kappa shape index (κ3) is 3.32. The molecule has 0 radical (unpaired) electrons. The fourth-order valence-electron chi connectivity index (χ4n) is 2.19. The Balaban J connectivity index is 1.94. The Morgan fingerprint density at radius 3 is 2.72 bits per heavy atom. The Labute approximate surface area is 142 Å². The first kappa shape index (κ1) is 16.2. The van der Waals surface area contributed by atoms with E-state index >= 15 is 0 Å². The summed E-state index contributed by atoms with van der Waals surface area (Å²) in [5.41, 5.74) is 0.376. The number of aromatic carboxylic acids is 1. The largest absolute Gasteiger partial charge is 0.497 e. The van der Waals surface area contributed by atoms with Crippen LogP contribution in [0, 0.1) is 0 Å². The van der Waals surface area contributed by atoms with E-state index in [-0.39, 0.29) is 22.7 Å². The SMILES string of the molecule is COc1cccc(C(=O)Nc2onc(-c3ccccn3)c2C(=O)O)c1. The molecule has 0 unspecified atom stereocenters. The van der Waals surface area contributed by atoms with Crippen LogP contribution in [0.2, 0.25) is 0 Å². The number of carbonyl (C=O) groups is 2. The van der Waals surface area contributed by atoms with Gasteiger partial charge in [0.05, 0.1) is 12.8 Å². The van der Waals surface area contributed by atoms with E-state index < -0.39 is 11.9 Å². The Morgan fingerprint density at radius 2 is 2.04 bits per heavy atom. The standard InChI is InChI=1S/C17H13N3O5/c1-24-11-6-4-5-10(9-11)15(21)19-16-13(17(22)23)14(20-25-16)12-7-2-3-8-18-12/h2-9H,1H3,(H,19,21)(H,22,23). The molecule has 8 heteroatoms. The van der Waals surface area contributed by atoms with Gasteiger partial charge in [-0.25, -0.2) is 4.79 Å². The van der Waals surface area contributed by atoms with Gasteiger partial charge in [-0.2, -0.15) is 0 Å². The number of rotatable bonds is 5. The molecule has 25 heavy (non-hydrogen) atoms. The number of amides is 1. The quantitative estimate of drug-likeness (QED) is 0.734. The molecular weight excluding hydrogens is 326 g/mol. The van der Waals surface area contributed by atoms with Gasteiger partial charge in [-0.15, -0.1) is 0 Å². The molecular formula is C17H13N3O5. The summed E-state index contributed by atoms with van der Waals surface area (Å²) in [4.78, 5) is 28.0. The van der Waals surface area contributed by atoms with Crippen molar-refractivity contribution in [2.24, 2.45) is 0 Å². The van der Waals surface area contributed by atoms with Crippen LogP contribution in [0.4, 0.5) is 5.88 Å². The molecule has 3 rings (SSSR count). The van der Waals surface area contributed by atoms with E-state index in [4.69, 9.17) is 9.26 Å². The first-order valence-electron chi connectivity index (χ1n) is 7.20. The Hall–Kier alpha value is -3.68. The van der Waals surface area contributed by atoms with Gasteiger partial charge in [-0.1, -0.05) is 17.3 Å². The number of nitrogens with zero attached hydrogens (tertiary/aromatic N) is 2. The number of ether oxygens (including phenoxy) is 1. The van der Waals surface area contributed by atoms with Crippen LogP contribution < -0.4 is 10.1 Å². The number of benzene rings is 1. The second-order valence-electron chi connectivity index (χ2n) is 4.94. The highest BCUT2D eigenvalue weighted by atomic mass is 16.5. The molecule has 2 aromatic heterocycles. The van der Waals surface area contributed by atoms with E-state index in [1.165, 1.54) is 19.4 Å². The average Bonchev–Trinajstić information content (AvgIpc) is 3.06. The molecule has 1 aromatic carbocycles. The summed E-state index contributed by atoms with van der Waals surface area (Å²) in [7, 11) is 1.48. The lowest BCUT2D eigenvalue weighted by molar-refractivity contribution is 0.0698. The highest BCUT2D eigenvalue weighted by Crippen LogP contribution is 2.28. The lowest BCUT2D eigenvalue weighted by Gasteiger charge is -2.05. The molecule has 0 aliphatic heterocycles. The summed E-state index contributed by atoms with van der Waals surface area (Å²) >= 11 is 0. The number of carboxylic acids is 1. The van der Waals surface area contributed by atoms with Crippen molar-refractivity contribution in [3.8, 4) is 17.1 Å². The van der Waals surface area contributed by atoms with E-state index in [1.54, 1.807) is 36.4 Å². The first-order chi connectivity index (χ1) is 12.1. The van der Waals surface area contributed by atoms with Crippen molar-refractivity contribution in [1.82, 2.24) is 10.1 Å². The zero-order valence-electron chi connectivity index (χ0n) is 13.1. The molecule has 0 aliphatic carbocycles. The average molecular weight is 339 g/mol. The van der Waals surface area contributed by atoms with E-state index in [1.807, 2.05) is 0 Å². The van der Waals surface area contributed by atoms with Crippen LogP contribution in [0.25, 0.3) is 11.4 Å². The third-order valence-corrected chi connectivity index (χ3v) is 3.37. The van der Waals surface area contributed by atoms with E-state index in [2.05, 4.69) is 15.5 Å². The number of carbonyl (C=O) groups excluding carboxylic acids is 1. The third-order valence-electron chi connectivity index (χ3n) is 3.37. The second kappa shape index (κ2) is 6.83. The second-order valence-corrected chi connectivity index (χ2v) is 4.94. The number of aromatic nitrogens is 2. The summed E-state index contributed by atoms with van der Waals surface area (Å²) in [6.45, 7) is 0. The minimum absolute atomic E-state index is 0.0362. The lowest BCUT2D eigenvalue weighted by Crippen LogP contribution is -2.14. The number of methoxy groups -OCH3 is 1. The summed E-state index contributed by atoms with van der Waals surface area (Å²) in [5.74, 6) is -1.60. The maximum Gasteiger partial charge on any atom is 0.343 e. The molecule has 126 valence electrons. The summed E-state index contributed by atoms with van der Waals surface area (Å²) in [5, 5.41) is 15.6. The smallest absolute Gasteiger partial charge is 0.343 e. The molecule has 0 atom stereocenters. The van der Waals surface area contributed by atoms with Crippen LogP contribution in [0.5, 0.6) is 5.75 Å². The molecule has 0 aliphatic rings. The molecule has 1 amide bonds. The van der Waals surface area contributed by atoms with Gasteiger partial charge in [-0.3, -0.25) is 15.1 Å². The topological polar surface area (TPSA) is 115 Å². The summed E-state index contributed by atoms with van der Waals surface area (Å²) < 4.78 is 10.1. The summed E-state index contributed by atoms with van der Waals surface area (Å²) in [6.07, 6.45) is 1.50. The highest BCUT2D eigenvalue weighted by molar-refractivity contribution is 6.08. The van der Waals surface area contributed by atoms with Crippen LogP contribution in [0.15, 0.2) is 53.2 Å². The van der Waals surface area contributed by atoms with Crippen LogP contribution >= 0.6 is 0 Å². The van der Waals surface area contributed by atoms with Gasteiger partial charge in [0.1, 0.15) is 11.4 Å². The van der Waals surface area contributed by atoms with Crippen LogP contribution in [0.3, 0.4) is 0 Å². The molecule has 3 aromatic rings. The van der Waals surface area contributed by atoms with Gasteiger partial charge in [-0.05, 0) is 30.3 Å². The number of anilines is 1. The molecule has 2 heterocycles. The van der Waals surface area contributed by atoms with Crippen molar-refractivity contribution in [1.29, 1.82) is 0 Å².